The van der Waals surface area contributed by atoms with E-state index in [1.54, 1.807) is 0 Å². The Morgan fingerprint density at radius 2 is 1.94 bits per heavy atom. The molecule has 0 spiro atoms. The summed E-state index contributed by atoms with van der Waals surface area (Å²) in [6.07, 6.45) is -0.927. The summed E-state index contributed by atoms with van der Waals surface area (Å²) in [6, 6.07) is 1.18. The lowest BCUT2D eigenvalue weighted by Gasteiger charge is -2.18. The summed E-state index contributed by atoms with van der Waals surface area (Å²) in [5.74, 6) is -3.38. The smallest absolute Gasteiger partial charge is 0.303 e. The lowest BCUT2D eigenvalue weighted by atomic mass is 9.89. The summed E-state index contributed by atoms with van der Waals surface area (Å²) in [5.41, 5.74) is 0. The molecule has 16 heavy (non-hydrogen) atoms. The summed E-state index contributed by atoms with van der Waals surface area (Å²) in [7, 11) is 0. The van der Waals surface area contributed by atoms with Crippen LogP contribution in [0.3, 0.4) is 0 Å². The van der Waals surface area contributed by atoms with Crippen LogP contribution in [0.15, 0.2) is 0 Å². The van der Waals surface area contributed by atoms with Gasteiger partial charge in [0, 0.05) is 5.92 Å². The van der Waals surface area contributed by atoms with Crippen molar-refractivity contribution >= 4 is 6.29 Å². The molecular formula is C11H16F3NO. The second-order valence-electron chi connectivity index (χ2n) is 3.80. The maximum Gasteiger partial charge on any atom is 0.405 e. The van der Waals surface area contributed by atoms with E-state index in [1.165, 1.54) is 6.07 Å². The van der Waals surface area contributed by atoms with Gasteiger partial charge in [0.2, 0.25) is 0 Å². The van der Waals surface area contributed by atoms with Gasteiger partial charge in [-0.25, -0.2) is 0 Å². The third-order valence-corrected chi connectivity index (χ3v) is 2.49. The van der Waals surface area contributed by atoms with Crippen LogP contribution >= 0.6 is 0 Å². The molecule has 2 atom stereocenters. The number of nitrogens with zero attached hydrogens (tertiary/aromatic N) is 1. The normalized spacial score (nSPS) is 15.2. The molecule has 0 N–H and O–H groups in total. The summed E-state index contributed by atoms with van der Waals surface area (Å²) in [6.45, 7) is 1.99. The average Bonchev–Trinajstić information content (AvgIpc) is 2.20. The summed E-state index contributed by atoms with van der Waals surface area (Å²) in [5, 5.41) is 8.44. The molecule has 0 aromatic heterocycles. The van der Waals surface area contributed by atoms with E-state index in [9.17, 15) is 18.0 Å². The molecule has 0 bridgehead atoms. The van der Waals surface area contributed by atoms with Crippen molar-refractivity contribution in [1.29, 1.82) is 5.26 Å². The zero-order chi connectivity index (χ0) is 12.6. The number of nitriles is 1. The minimum atomic E-state index is -4.61. The Kier molecular flexibility index (Phi) is 6.78. The second-order valence-corrected chi connectivity index (χ2v) is 3.80. The minimum absolute atomic E-state index is 0.140. The predicted octanol–water partition coefficient (Wildman–Crippen LogP) is 3.47. The third-order valence-electron chi connectivity index (χ3n) is 2.49. The van der Waals surface area contributed by atoms with E-state index in [0.29, 0.717) is 6.42 Å². The predicted molar refractivity (Wildman–Crippen MR) is 53.5 cm³/mol. The van der Waals surface area contributed by atoms with Crippen molar-refractivity contribution < 1.29 is 18.0 Å². The molecule has 92 valence electrons. The van der Waals surface area contributed by atoms with Crippen LogP contribution in [0.1, 0.15) is 39.0 Å². The van der Waals surface area contributed by atoms with E-state index in [0.717, 1.165) is 19.3 Å². The number of aldehydes is 1. The first-order valence-electron chi connectivity index (χ1n) is 5.39. The Hall–Kier alpha value is -1.05. The van der Waals surface area contributed by atoms with Gasteiger partial charge in [-0.1, -0.05) is 32.6 Å². The van der Waals surface area contributed by atoms with Crippen molar-refractivity contribution in [1.82, 2.24) is 0 Å². The maximum absolute atomic E-state index is 12.4. The molecule has 0 aliphatic heterocycles. The molecule has 5 heteroatoms. The molecule has 0 saturated heterocycles. The molecule has 0 saturated carbocycles. The molecule has 0 amide bonds. The third kappa shape index (κ3) is 5.15. The monoisotopic (exact) mass is 235 g/mol. The molecule has 0 radical (unpaired) electrons. The van der Waals surface area contributed by atoms with Gasteiger partial charge in [0.1, 0.15) is 6.29 Å². The lowest BCUT2D eigenvalue weighted by molar-refractivity contribution is -0.173. The van der Waals surface area contributed by atoms with Crippen LogP contribution in [0.4, 0.5) is 13.2 Å². The first-order chi connectivity index (χ1) is 7.47. The Labute approximate surface area is 93.4 Å². The number of unbranched alkanes of at least 4 members (excludes halogenated alkanes) is 3. The second kappa shape index (κ2) is 7.26. The first kappa shape index (κ1) is 14.9. The highest BCUT2D eigenvalue weighted by Gasteiger charge is 2.44. The molecule has 0 aliphatic carbocycles. The van der Waals surface area contributed by atoms with Crippen molar-refractivity contribution in [3.63, 3.8) is 0 Å². The summed E-state index contributed by atoms with van der Waals surface area (Å²) < 4.78 is 37.1. The van der Waals surface area contributed by atoms with Crippen LogP contribution in [-0.4, -0.2) is 12.5 Å². The largest absolute Gasteiger partial charge is 0.405 e. The van der Waals surface area contributed by atoms with Crippen molar-refractivity contribution in [3.05, 3.63) is 0 Å². The quantitative estimate of drug-likeness (QED) is 0.500. The van der Waals surface area contributed by atoms with Gasteiger partial charge >= 0.3 is 6.18 Å². The number of rotatable bonds is 7. The zero-order valence-electron chi connectivity index (χ0n) is 9.26. The van der Waals surface area contributed by atoms with Crippen LogP contribution in [0.2, 0.25) is 0 Å². The Morgan fingerprint density at radius 3 is 2.31 bits per heavy atom. The molecule has 0 aromatic rings. The number of alkyl halides is 3. The van der Waals surface area contributed by atoms with E-state index in [4.69, 9.17) is 5.26 Å². The van der Waals surface area contributed by atoms with Gasteiger partial charge in [0.25, 0.3) is 0 Å². The molecule has 0 aromatic carbocycles. The zero-order valence-corrected chi connectivity index (χ0v) is 9.26. The van der Waals surface area contributed by atoms with Gasteiger partial charge in [0.05, 0.1) is 6.07 Å². The Morgan fingerprint density at radius 1 is 1.31 bits per heavy atom. The molecule has 0 fully saturated rings. The summed E-state index contributed by atoms with van der Waals surface area (Å²) >= 11 is 0. The molecular weight excluding hydrogens is 219 g/mol. The summed E-state index contributed by atoms with van der Waals surface area (Å²) in [4.78, 5) is 10.6. The van der Waals surface area contributed by atoms with E-state index in [1.807, 2.05) is 6.92 Å². The van der Waals surface area contributed by atoms with Gasteiger partial charge < -0.3 is 4.79 Å². The van der Waals surface area contributed by atoms with Crippen molar-refractivity contribution in [2.75, 3.05) is 0 Å². The van der Waals surface area contributed by atoms with Gasteiger partial charge in [-0.05, 0) is 6.42 Å². The van der Waals surface area contributed by atoms with Gasteiger partial charge in [0.15, 0.2) is 5.92 Å². The molecule has 0 unspecified atom stereocenters. The standard InChI is InChI=1S/C11H16F3NO/c1-2-3-4-5-6-9(8-16)10(7-15)11(12,13)14/h8-10H,2-6H2,1H3/t9-,10+/m0/s1. The highest BCUT2D eigenvalue weighted by molar-refractivity contribution is 5.55. The van der Waals surface area contributed by atoms with Crippen LogP contribution in [0.25, 0.3) is 0 Å². The van der Waals surface area contributed by atoms with Crippen LogP contribution in [-0.2, 0) is 4.79 Å². The maximum atomic E-state index is 12.4. The molecule has 0 rings (SSSR count). The minimum Gasteiger partial charge on any atom is -0.303 e. The van der Waals surface area contributed by atoms with Crippen LogP contribution < -0.4 is 0 Å². The number of hydrogen-bond donors (Lipinski definition) is 0. The Bertz CT molecular complexity index is 245. The van der Waals surface area contributed by atoms with Crippen molar-refractivity contribution in [2.24, 2.45) is 11.8 Å². The van der Waals surface area contributed by atoms with Gasteiger partial charge in [-0.15, -0.1) is 0 Å². The topological polar surface area (TPSA) is 40.9 Å². The van der Waals surface area contributed by atoms with E-state index in [2.05, 4.69) is 0 Å². The average molecular weight is 235 g/mol. The fourth-order valence-electron chi connectivity index (χ4n) is 1.53. The SMILES string of the molecule is CCCCCC[C@@H](C=O)[C@@H](C#N)C(F)(F)F. The van der Waals surface area contributed by atoms with Crippen molar-refractivity contribution in [2.45, 2.75) is 45.2 Å². The highest BCUT2D eigenvalue weighted by atomic mass is 19.4. The lowest BCUT2D eigenvalue weighted by Crippen LogP contribution is -2.30. The molecule has 0 heterocycles. The van der Waals surface area contributed by atoms with E-state index < -0.39 is 18.0 Å². The number of carbonyl (C=O) groups excluding carboxylic acids is 1. The van der Waals surface area contributed by atoms with Crippen LogP contribution in [0.5, 0.6) is 0 Å². The first-order valence-corrected chi connectivity index (χ1v) is 5.39. The number of hydrogen-bond acceptors (Lipinski definition) is 2. The Balaban J connectivity index is 4.25. The van der Waals surface area contributed by atoms with Crippen LogP contribution in [0, 0.1) is 23.2 Å². The molecule has 0 aliphatic rings. The molecule has 2 nitrogen and oxygen atoms in total. The van der Waals surface area contributed by atoms with Gasteiger partial charge in [-0.3, -0.25) is 0 Å². The fraction of sp³-hybridized carbons (Fsp3) is 0.818. The number of carbonyl (C=O) groups is 1. The fourth-order valence-corrected chi connectivity index (χ4v) is 1.53. The van der Waals surface area contributed by atoms with E-state index >= 15 is 0 Å². The van der Waals surface area contributed by atoms with Crippen molar-refractivity contribution in [3.8, 4) is 6.07 Å². The van der Waals surface area contributed by atoms with E-state index in [-0.39, 0.29) is 12.7 Å². The number of halogens is 3. The highest BCUT2D eigenvalue weighted by Crippen LogP contribution is 2.33. The van der Waals surface area contributed by atoms with Gasteiger partial charge in [-0.2, -0.15) is 18.4 Å².